The summed E-state index contributed by atoms with van der Waals surface area (Å²) in [5, 5.41) is 4.30. The summed E-state index contributed by atoms with van der Waals surface area (Å²) >= 11 is 1.48. The molecule has 0 spiro atoms. The average Bonchev–Trinajstić information content (AvgIpc) is 2.95. The van der Waals surface area contributed by atoms with Crippen molar-refractivity contribution in [3.05, 3.63) is 10.9 Å². The number of carbonyl (C=O) groups excluding carboxylic acids is 1. The topological polar surface area (TPSA) is 64.3 Å². The van der Waals surface area contributed by atoms with E-state index in [0.29, 0.717) is 11.8 Å². The van der Waals surface area contributed by atoms with E-state index in [1.807, 2.05) is 6.07 Å². The van der Waals surface area contributed by atoms with E-state index in [1.54, 1.807) is 0 Å². The van der Waals surface area contributed by atoms with Crippen LogP contribution in [0.5, 0.6) is 0 Å². The van der Waals surface area contributed by atoms with Crippen molar-refractivity contribution in [2.45, 2.75) is 31.8 Å². The van der Waals surface area contributed by atoms with Crippen molar-refractivity contribution in [2.75, 3.05) is 24.2 Å². The van der Waals surface area contributed by atoms with E-state index in [9.17, 15) is 4.79 Å². The van der Waals surface area contributed by atoms with Gasteiger partial charge in [0.15, 0.2) is 5.78 Å². The number of ether oxygens (including phenoxy) is 1. The molecule has 2 heterocycles. The summed E-state index contributed by atoms with van der Waals surface area (Å²) in [5.74, 6) is 0.458. The Labute approximate surface area is 111 Å². The van der Waals surface area contributed by atoms with Gasteiger partial charge in [-0.2, -0.15) is 0 Å². The molecule has 5 heteroatoms. The lowest BCUT2D eigenvalue weighted by molar-refractivity contribution is 0.0972. The molecule has 1 aliphatic carbocycles. The predicted molar refractivity (Wildman–Crippen MR) is 73.2 cm³/mol. The van der Waals surface area contributed by atoms with Crippen LogP contribution in [0.15, 0.2) is 6.07 Å². The molecule has 1 aromatic heterocycles. The molecule has 1 saturated carbocycles. The maximum Gasteiger partial charge on any atom is 0.178 e. The zero-order valence-electron chi connectivity index (χ0n) is 10.3. The number of hydrogen-bond acceptors (Lipinski definition) is 5. The van der Waals surface area contributed by atoms with Crippen LogP contribution in [0.4, 0.5) is 10.7 Å². The van der Waals surface area contributed by atoms with Gasteiger partial charge in [-0.3, -0.25) is 4.79 Å². The van der Waals surface area contributed by atoms with Gasteiger partial charge in [0.05, 0.1) is 21.7 Å². The molecule has 2 aliphatic rings. The molecule has 1 aromatic rings. The Morgan fingerprint density at radius 1 is 1.50 bits per heavy atom. The first kappa shape index (κ1) is 12.0. The van der Waals surface area contributed by atoms with Crippen LogP contribution in [0, 0.1) is 5.92 Å². The van der Waals surface area contributed by atoms with Crippen molar-refractivity contribution in [3.8, 4) is 0 Å². The molecule has 1 unspecified atom stereocenters. The van der Waals surface area contributed by atoms with Crippen LogP contribution in [0.25, 0.3) is 0 Å². The summed E-state index contributed by atoms with van der Waals surface area (Å²) in [6.07, 6.45) is 4.60. The fourth-order valence-electron chi connectivity index (χ4n) is 2.24. The molecule has 98 valence electrons. The molecule has 2 fully saturated rings. The van der Waals surface area contributed by atoms with E-state index in [0.717, 1.165) is 48.7 Å². The molecule has 0 aromatic carbocycles. The standard InChI is InChI=1S/C13H18N2O2S/c14-10-6-11(15-7-9-2-1-5-17-9)18-13(10)12(16)8-3-4-8/h6,8-9,15H,1-5,7,14H2. The van der Waals surface area contributed by atoms with Crippen LogP contribution >= 0.6 is 11.3 Å². The summed E-state index contributed by atoms with van der Waals surface area (Å²) in [4.78, 5) is 12.7. The first-order valence-corrected chi connectivity index (χ1v) is 7.34. The van der Waals surface area contributed by atoms with Gasteiger partial charge in [0, 0.05) is 19.1 Å². The van der Waals surface area contributed by atoms with Crippen LogP contribution in [-0.2, 0) is 4.74 Å². The van der Waals surface area contributed by atoms with Gasteiger partial charge in [-0.25, -0.2) is 0 Å². The second kappa shape index (κ2) is 4.90. The molecule has 0 bridgehead atoms. The molecule has 1 aliphatic heterocycles. The molecule has 1 saturated heterocycles. The van der Waals surface area contributed by atoms with Crippen LogP contribution < -0.4 is 11.1 Å². The number of nitrogen functional groups attached to an aromatic ring is 1. The normalized spacial score (nSPS) is 23.2. The van der Waals surface area contributed by atoms with E-state index in [1.165, 1.54) is 11.3 Å². The Bertz CT molecular complexity index is 448. The largest absolute Gasteiger partial charge is 0.397 e. The molecular weight excluding hydrogens is 248 g/mol. The van der Waals surface area contributed by atoms with Gasteiger partial charge in [-0.15, -0.1) is 11.3 Å². The third kappa shape index (κ3) is 2.52. The van der Waals surface area contributed by atoms with E-state index in [2.05, 4.69) is 5.32 Å². The lowest BCUT2D eigenvalue weighted by Crippen LogP contribution is -2.17. The highest BCUT2D eigenvalue weighted by molar-refractivity contribution is 7.18. The minimum Gasteiger partial charge on any atom is -0.397 e. The second-order valence-corrected chi connectivity index (χ2v) is 6.10. The van der Waals surface area contributed by atoms with Gasteiger partial charge in [-0.1, -0.05) is 0 Å². The maximum atomic E-state index is 12.0. The molecule has 0 radical (unpaired) electrons. The zero-order valence-corrected chi connectivity index (χ0v) is 11.1. The van der Waals surface area contributed by atoms with E-state index < -0.39 is 0 Å². The average molecular weight is 266 g/mol. The summed E-state index contributed by atoms with van der Waals surface area (Å²) in [7, 11) is 0. The van der Waals surface area contributed by atoms with Crippen molar-refractivity contribution in [3.63, 3.8) is 0 Å². The van der Waals surface area contributed by atoms with Crippen molar-refractivity contribution in [1.82, 2.24) is 0 Å². The third-order valence-corrected chi connectivity index (χ3v) is 4.58. The molecule has 18 heavy (non-hydrogen) atoms. The Morgan fingerprint density at radius 3 is 3.00 bits per heavy atom. The smallest absolute Gasteiger partial charge is 0.178 e. The summed E-state index contributed by atoms with van der Waals surface area (Å²) in [6.45, 7) is 1.67. The van der Waals surface area contributed by atoms with Crippen molar-refractivity contribution in [1.29, 1.82) is 0 Å². The predicted octanol–water partition coefficient (Wildman–Crippen LogP) is 2.51. The number of nitrogens with two attached hydrogens (primary N) is 1. The van der Waals surface area contributed by atoms with Gasteiger partial charge in [0.2, 0.25) is 0 Å². The number of nitrogens with one attached hydrogen (secondary N) is 1. The number of ketones is 1. The molecule has 3 rings (SSSR count). The van der Waals surface area contributed by atoms with Crippen LogP contribution in [-0.4, -0.2) is 25.0 Å². The lowest BCUT2D eigenvalue weighted by atomic mass is 10.2. The van der Waals surface area contributed by atoms with Crippen molar-refractivity contribution in [2.24, 2.45) is 5.92 Å². The molecular formula is C13H18N2O2S. The highest BCUT2D eigenvalue weighted by Gasteiger charge is 2.32. The highest BCUT2D eigenvalue weighted by Crippen LogP contribution is 2.38. The number of rotatable bonds is 5. The number of thiophene rings is 1. The summed E-state index contributed by atoms with van der Waals surface area (Å²) < 4.78 is 5.55. The zero-order chi connectivity index (χ0) is 12.5. The number of Topliss-reactive ketones (excluding diaryl/α,β-unsaturated/α-hetero) is 1. The number of anilines is 2. The highest BCUT2D eigenvalue weighted by atomic mass is 32.1. The van der Waals surface area contributed by atoms with E-state index in [-0.39, 0.29) is 11.7 Å². The van der Waals surface area contributed by atoms with Gasteiger partial charge >= 0.3 is 0 Å². The summed E-state index contributed by atoms with van der Waals surface area (Å²) in [6, 6.07) is 1.87. The van der Waals surface area contributed by atoms with Crippen LogP contribution in [0.3, 0.4) is 0 Å². The Kier molecular flexibility index (Phi) is 3.26. The van der Waals surface area contributed by atoms with Crippen LogP contribution in [0.1, 0.15) is 35.4 Å². The fourth-order valence-corrected chi connectivity index (χ4v) is 3.24. The Balaban J connectivity index is 1.62. The minimum atomic E-state index is 0.225. The lowest BCUT2D eigenvalue weighted by Gasteiger charge is -2.09. The first-order chi connectivity index (χ1) is 8.74. The first-order valence-electron chi connectivity index (χ1n) is 6.53. The molecule has 0 amide bonds. The fraction of sp³-hybridized carbons (Fsp3) is 0.615. The number of carbonyl (C=O) groups is 1. The Hall–Kier alpha value is -1.07. The molecule has 3 N–H and O–H groups in total. The van der Waals surface area contributed by atoms with E-state index in [4.69, 9.17) is 10.5 Å². The van der Waals surface area contributed by atoms with Crippen LogP contribution in [0.2, 0.25) is 0 Å². The molecule has 1 atom stereocenters. The molecule has 4 nitrogen and oxygen atoms in total. The van der Waals surface area contributed by atoms with Gasteiger partial charge in [-0.05, 0) is 31.7 Å². The van der Waals surface area contributed by atoms with Gasteiger partial charge in [0.25, 0.3) is 0 Å². The quantitative estimate of drug-likeness (QED) is 0.804. The summed E-state index contributed by atoms with van der Waals surface area (Å²) in [5.41, 5.74) is 6.53. The minimum absolute atomic E-state index is 0.225. The monoisotopic (exact) mass is 266 g/mol. The second-order valence-electron chi connectivity index (χ2n) is 5.05. The SMILES string of the molecule is Nc1cc(NCC2CCCO2)sc1C(=O)C1CC1. The number of hydrogen-bond donors (Lipinski definition) is 2. The van der Waals surface area contributed by atoms with E-state index >= 15 is 0 Å². The van der Waals surface area contributed by atoms with Gasteiger partial charge in [0.1, 0.15) is 0 Å². The Morgan fingerprint density at radius 2 is 2.33 bits per heavy atom. The third-order valence-electron chi connectivity index (χ3n) is 3.46. The van der Waals surface area contributed by atoms with Crippen molar-refractivity contribution < 1.29 is 9.53 Å². The van der Waals surface area contributed by atoms with Gasteiger partial charge < -0.3 is 15.8 Å². The van der Waals surface area contributed by atoms with Crippen molar-refractivity contribution >= 4 is 27.8 Å². The maximum absolute atomic E-state index is 12.0.